The van der Waals surface area contributed by atoms with Gasteiger partial charge >= 0.3 is 0 Å². The molecule has 0 saturated heterocycles. The van der Waals surface area contributed by atoms with Crippen molar-refractivity contribution in [2.75, 3.05) is 19.5 Å². The average molecular weight is 258 g/mol. The number of ether oxygens (including phenoxy) is 2. The van der Waals surface area contributed by atoms with Crippen LogP contribution in [0, 0.1) is 0 Å². The lowest BCUT2D eigenvalue weighted by Crippen LogP contribution is -2.07. The van der Waals surface area contributed by atoms with Crippen molar-refractivity contribution in [2.24, 2.45) is 0 Å². The minimum absolute atomic E-state index is 0.156. The summed E-state index contributed by atoms with van der Waals surface area (Å²) >= 11 is 0. The van der Waals surface area contributed by atoms with E-state index >= 15 is 0 Å². The summed E-state index contributed by atoms with van der Waals surface area (Å²) in [5.74, 6) is 1.59. The Bertz CT molecular complexity index is 529. The van der Waals surface area contributed by atoms with Gasteiger partial charge in [0, 0.05) is 24.5 Å². The minimum atomic E-state index is 0.156. The molecule has 0 fully saturated rings. The van der Waals surface area contributed by atoms with E-state index in [-0.39, 0.29) is 6.04 Å². The first-order valence-electron chi connectivity index (χ1n) is 6.13. The van der Waals surface area contributed by atoms with Gasteiger partial charge in [0.15, 0.2) is 0 Å². The van der Waals surface area contributed by atoms with E-state index in [2.05, 4.69) is 17.2 Å². The molecule has 0 bridgehead atoms. The summed E-state index contributed by atoms with van der Waals surface area (Å²) in [4.78, 5) is 4.02. The molecule has 2 rings (SSSR count). The zero-order chi connectivity index (χ0) is 13.7. The van der Waals surface area contributed by atoms with E-state index < -0.39 is 0 Å². The van der Waals surface area contributed by atoms with Crippen molar-refractivity contribution in [1.82, 2.24) is 4.98 Å². The van der Waals surface area contributed by atoms with E-state index in [0.29, 0.717) is 0 Å². The average Bonchev–Trinajstić information content (AvgIpc) is 2.48. The SMILES string of the molecule is COc1ccc(OC)c(NC(C)c2ccncc2)c1. The fourth-order valence-electron chi connectivity index (χ4n) is 1.90. The van der Waals surface area contributed by atoms with Crippen molar-refractivity contribution >= 4 is 5.69 Å². The quantitative estimate of drug-likeness (QED) is 0.893. The molecule has 0 saturated carbocycles. The van der Waals surface area contributed by atoms with Crippen LogP contribution in [0.4, 0.5) is 5.69 Å². The van der Waals surface area contributed by atoms with Gasteiger partial charge in [0.25, 0.3) is 0 Å². The summed E-state index contributed by atoms with van der Waals surface area (Å²) in [5, 5.41) is 3.42. The summed E-state index contributed by atoms with van der Waals surface area (Å²) in [6.07, 6.45) is 3.58. The second kappa shape index (κ2) is 6.09. The Morgan fingerprint density at radius 2 is 1.79 bits per heavy atom. The molecule has 0 aliphatic carbocycles. The standard InChI is InChI=1S/C15H18N2O2/c1-11(12-6-8-16-9-7-12)17-14-10-13(18-2)4-5-15(14)19-3/h4-11,17H,1-3H3. The highest BCUT2D eigenvalue weighted by molar-refractivity contribution is 5.60. The lowest BCUT2D eigenvalue weighted by atomic mass is 10.1. The molecule has 2 aromatic rings. The molecule has 0 radical (unpaired) electrons. The van der Waals surface area contributed by atoms with E-state index in [1.165, 1.54) is 5.56 Å². The van der Waals surface area contributed by atoms with Crippen molar-refractivity contribution in [1.29, 1.82) is 0 Å². The topological polar surface area (TPSA) is 43.4 Å². The van der Waals surface area contributed by atoms with E-state index in [0.717, 1.165) is 17.2 Å². The van der Waals surface area contributed by atoms with Crippen molar-refractivity contribution in [3.8, 4) is 11.5 Å². The van der Waals surface area contributed by atoms with Crippen LogP contribution in [0.15, 0.2) is 42.7 Å². The molecule has 100 valence electrons. The van der Waals surface area contributed by atoms with E-state index in [1.807, 2.05) is 30.3 Å². The van der Waals surface area contributed by atoms with Gasteiger partial charge in [-0.05, 0) is 36.8 Å². The number of benzene rings is 1. The Balaban J connectivity index is 2.22. The third-order valence-electron chi connectivity index (χ3n) is 2.98. The van der Waals surface area contributed by atoms with Gasteiger partial charge in [0.1, 0.15) is 11.5 Å². The first kappa shape index (κ1) is 13.2. The molecule has 1 atom stereocenters. The van der Waals surface area contributed by atoms with E-state index in [9.17, 15) is 0 Å². The van der Waals surface area contributed by atoms with Crippen LogP contribution in [0.5, 0.6) is 11.5 Å². The molecule has 4 heteroatoms. The molecule has 0 amide bonds. The summed E-state index contributed by atoms with van der Waals surface area (Å²) in [7, 11) is 3.31. The molecule has 4 nitrogen and oxygen atoms in total. The van der Waals surface area contributed by atoms with Crippen LogP contribution < -0.4 is 14.8 Å². The van der Waals surface area contributed by atoms with Crippen molar-refractivity contribution in [3.05, 3.63) is 48.3 Å². The van der Waals surface area contributed by atoms with E-state index in [4.69, 9.17) is 9.47 Å². The van der Waals surface area contributed by atoms with Crippen LogP contribution in [0.2, 0.25) is 0 Å². The third-order valence-corrected chi connectivity index (χ3v) is 2.98. The molecule has 1 N–H and O–H groups in total. The highest BCUT2D eigenvalue weighted by Crippen LogP contribution is 2.31. The molecular formula is C15H18N2O2. The highest BCUT2D eigenvalue weighted by atomic mass is 16.5. The summed E-state index contributed by atoms with van der Waals surface area (Å²) < 4.78 is 10.6. The zero-order valence-corrected chi connectivity index (χ0v) is 11.4. The Morgan fingerprint density at radius 1 is 1.05 bits per heavy atom. The normalized spacial score (nSPS) is 11.7. The smallest absolute Gasteiger partial charge is 0.142 e. The first-order chi connectivity index (χ1) is 9.24. The number of aromatic nitrogens is 1. The monoisotopic (exact) mass is 258 g/mol. The van der Waals surface area contributed by atoms with Crippen LogP contribution in [-0.4, -0.2) is 19.2 Å². The summed E-state index contributed by atoms with van der Waals surface area (Å²) in [5.41, 5.74) is 2.08. The van der Waals surface area contributed by atoms with Crippen molar-refractivity contribution in [2.45, 2.75) is 13.0 Å². The third kappa shape index (κ3) is 3.16. The van der Waals surface area contributed by atoms with Crippen LogP contribution in [0.25, 0.3) is 0 Å². The predicted octanol–water partition coefficient (Wildman–Crippen LogP) is 3.27. The summed E-state index contributed by atoms with van der Waals surface area (Å²) in [6, 6.07) is 9.83. The van der Waals surface area contributed by atoms with Gasteiger partial charge < -0.3 is 14.8 Å². The van der Waals surface area contributed by atoms with Gasteiger partial charge in [-0.1, -0.05) is 0 Å². The summed E-state index contributed by atoms with van der Waals surface area (Å²) in [6.45, 7) is 2.09. The van der Waals surface area contributed by atoms with Crippen molar-refractivity contribution < 1.29 is 9.47 Å². The molecule has 0 aliphatic rings. The molecule has 0 aliphatic heterocycles. The number of rotatable bonds is 5. The van der Waals surface area contributed by atoms with Gasteiger partial charge in [-0.15, -0.1) is 0 Å². The van der Waals surface area contributed by atoms with Crippen LogP contribution >= 0.6 is 0 Å². The maximum atomic E-state index is 5.35. The van der Waals surface area contributed by atoms with Gasteiger partial charge in [-0.25, -0.2) is 0 Å². The van der Waals surface area contributed by atoms with Crippen LogP contribution in [0.3, 0.4) is 0 Å². The van der Waals surface area contributed by atoms with E-state index in [1.54, 1.807) is 26.6 Å². The molecule has 0 spiro atoms. The lowest BCUT2D eigenvalue weighted by Gasteiger charge is -2.18. The van der Waals surface area contributed by atoms with Crippen LogP contribution in [-0.2, 0) is 0 Å². The van der Waals surface area contributed by atoms with Gasteiger partial charge in [0.2, 0.25) is 0 Å². The maximum Gasteiger partial charge on any atom is 0.142 e. The Hall–Kier alpha value is -2.23. The predicted molar refractivity (Wildman–Crippen MR) is 75.8 cm³/mol. The molecule has 1 aromatic heterocycles. The molecular weight excluding hydrogens is 240 g/mol. The number of nitrogens with one attached hydrogen (secondary N) is 1. The number of nitrogens with zero attached hydrogens (tertiary/aromatic N) is 1. The maximum absolute atomic E-state index is 5.35. The first-order valence-corrected chi connectivity index (χ1v) is 6.13. The fourth-order valence-corrected chi connectivity index (χ4v) is 1.90. The Labute approximate surface area is 113 Å². The number of anilines is 1. The van der Waals surface area contributed by atoms with Crippen LogP contribution in [0.1, 0.15) is 18.5 Å². The minimum Gasteiger partial charge on any atom is -0.497 e. The largest absolute Gasteiger partial charge is 0.497 e. The number of hydrogen-bond donors (Lipinski definition) is 1. The van der Waals surface area contributed by atoms with Gasteiger partial charge in [0.05, 0.1) is 19.9 Å². The number of pyridine rings is 1. The zero-order valence-electron chi connectivity index (χ0n) is 11.4. The Kier molecular flexibility index (Phi) is 4.23. The highest BCUT2D eigenvalue weighted by Gasteiger charge is 2.09. The second-order valence-electron chi connectivity index (χ2n) is 4.21. The van der Waals surface area contributed by atoms with Gasteiger partial charge in [-0.3, -0.25) is 4.98 Å². The fraction of sp³-hybridized carbons (Fsp3) is 0.267. The number of hydrogen-bond acceptors (Lipinski definition) is 4. The molecule has 19 heavy (non-hydrogen) atoms. The second-order valence-corrected chi connectivity index (χ2v) is 4.21. The lowest BCUT2D eigenvalue weighted by molar-refractivity contribution is 0.404. The molecule has 1 heterocycles. The molecule has 1 unspecified atom stereocenters. The van der Waals surface area contributed by atoms with Gasteiger partial charge in [-0.2, -0.15) is 0 Å². The number of methoxy groups -OCH3 is 2. The van der Waals surface area contributed by atoms with Crippen molar-refractivity contribution in [3.63, 3.8) is 0 Å². The Morgan fingerprint density at radius 3 is 2.42 bits per heavy atom. The molecule has 1 aromatic carbocycles.